The topological polar surface area (TPSA) is 132 Å². The molecule has 31 heavy (non-hydrogen) atoms. The van der Waals surface area contributed by atoms with E-state index in [9.17, 15) is 0 Å². The second-order valence-electron chi connectivity index (χ2n) is 5.48. The summed E-state index contributed by atoms with van der Waals surface area (Å²) in [6.45, 7) is 0. The Morgan fingerprint density at radius 2 is 0.903 bits per heavy atom. The molecule has 8 nitrogen and oxygen atoms in total. The molecule has 4 heterocycles. The number of carbonyl (C=O) groups is 2. The van der Waals surface area contributed by atoms with Gasteiger partial charge in [0.05, 0.1) is 23.3 Å². The van der Waals surface area contributed by atoms with E-state index in [0.29, 0.717) is 0 Å². The number of carboxylic acids is 2. The SMILES string of the molecule is O=C([O-])C(=O)[O-].[Mn+2].c1ccc(-c2ccncc2)nc1.c1ccc(-c2ccncc2)nc1. The van der Waals surface area contributed by atoms with E-state index in [1.54, 1.807) is 37.2 Å². The largest absolute Gasteiger partial charge is 2.00 e. The van der Waals surface area contributed by atoms with Crippen molar-refractivity contribution in [2.45, 2.75) is 0 Å². The van der Waals surface area contributed by atoms with E-state index in [1.807, 2.05) is 60.7 Å². The average molecular weight is 455 g/mol. The zero-order valence-corrected chi connectivity index (χ0v) is 17.2. The molecule has 0 N–H and O–H groups in total. The summed E-state index contributed by atoms with van der Waals surface area (Å²) < 4.78 is 0. The first kappa shape index (κ1) is 25.1. The van der Waals surface area contributed by atoms with Gasteiger partial charge in [-0.3, -0.25) is 19.9 Å². The van der Waals surface area contributed by atoms with Crippen LogP contribution in [0.4, 0.5) is 0 Å². The molecule has 0 unspecified atom stereocenters. The van der Waals surface area contributed by atoms with Crippen molar-refractivity contribution < 1.29 is 36.9 Å². The number of aliphatic carboxylic acids is 2. The van der Waals surface area contributed by atoms with Crippen LogP contribution in [0, 0.1) is 0 Å². The molecule has 0 aromatic carbocycles. The second-order valence-corrected chi connectivity index (χ2v) is 5.48. The molecule has 0 atom stereocenters. The van der Waals surface area contributed by atoms with Crippen LogP contribution in [-0.4, -0.2) is 31.9 Å². The molecule has 4 aromatic heterocycles. The number of carbonyl (C=O) groups excluding carboxylic acids is 2. The summed E-state index contributed by atoms with van der Waals surface area (Å²) >= 11 is 0. The zero-order chi connectivity index (χ0) is 21.6. The maximum Gasteiger partial charge on any atom is 2.00 e. The van der Waals surface area contributed by atoms with Crippen LogP contribution in [0.1, 0.15) is 0 Å². The summed E-state index contributed by atoms with van der Waals surface area (Å²) in [4.78, 5) is 34.2. The molecule has 9 heteroatoms. The number of carboxylic acid groups (broad SMARTS) is 2. The number of hydrogen-bond donors (Lipinski definition) is 0. The van der Waals surface area contributed by atoms with Gasteiger partial charge in [-0.25, -0.2) is 0 Å². The Bertz CT molecular complexity index is 876. The molecule has 0 saturated carbocycles. The minimum atomic E-state index is -2.19. The Morgan fingerprint density at radius 1 is 0.548 bits per heavy atom. The summed E-state index contributed by atoms with van der Waals surface area (Å²) in [5.74, 6) is -4.37. The molecule has 0 fully saturated rings. The smallest absolute Gasteiger partial charge is 0.543 e. The van der Waals surface area contributed by atoms with E-state index < -0.39 is 11.9 Å². The third-order valence-electron chi connectivity index (χ3n) is 3.45. The van der Waals surface area contributed by atoms with Crippen molar-refractivity contribution in [3.05, 3.63) is 97.8 Å². The molecular formula is C22H16MnN4O4. The predicted octanol–water partition coefficient (Wildman–Crippen LogP) is 0.771. The summed E-state index contributed by atoms with van der Waals surface area (Å²) in [7, 11) is 0. The van der Waals surface area contributed by atoms with Crippen molar-refractivity contribution in [1.82, 2.24) is 19.9 Å². The predicted molar refractivity (Wildman–Crippen MR) is 105 cm³/mol. The molecule has 0 aliphatic carbocycles. The van der Waals surface area contributed by atoms with Crippen molar-refractivity contribution in [3.8, 4) is 22.5 Å². The number of aromatic nitrogens is 4. The number of nitrogens with zero attached hydrogens (tertiary/aromatic N) is 4. The molecule has 0 aliphatic heterocycles. The van der Waals surface area contributed by atoms with Crippen LogP contribution in [0.15, 0.2) is 97.8 Å². The van der Waals surface area contributed by atoms with Gasteiger partial charge >= 0.3 is 17.1 Å². The first-order valence-corrected chi connectivity index (χ1v) is 8.63. The van der Waals surface area contributed by atoms with Gasteiger partial charge < -0.3 is 19.8 Å². The zero-order valence-electron chi connectivity index (χ0n) is 16.0. The van der Waals surface area contributed by atoms with Crippen molar-refractivity contribution in [2.75, 3.05) is 0 Å². The number of pyridine rings is 4. The van der Waals surface area contributed by atoms with Crippen molar-refractivity contribution in [3.63, 3.8) is 0 Å². The summed E-state index contributed by atoms with van der Waals surface area (Å²) in [6, 6.07) is 19.5. The van der Waals surface area contributed by atoms with Gasteiger partial charge in [-0.05, 0) is 48.5 Å². The van der Waals surface area contributed by atoms with Crippen LogP contribution in [0.5, 0.6) is 0 Å². The molecule has 0 amide bonds. The van der Waals surface area contributed by atoms with Gasteiger partial charge in [0.1, 0.15) is 0 Å². The third kappa shape index (κ3) is 9.40. The Balaban J connectivity index is 0.000000243. The molecule has 0 spiro atoms. The van der Waals surface area contributed by atoms with Crippen LogP contribution >= 0.6 is 0 Å². The molecule has 4 rings (SSSR count). The fourth-order valence-electron chi connectivity index (χ4n) is 2.11. The van der Waals surface area contributed by atoms with Crippen LogP contribution in [-0.2, 0) is 26.7 Å². The van der Waals surface area contributed by atoms with E-state index in [1.165, 1.54) is 0 Å². The van der Waals surface area contributed by atoms with Crippen LogP contribution in [0.2, 0.25) is 0 Å². The standard InChI is InChI=1S/2C10H8N2.C2H2O4.Mn/c2*1-2-6-12-10(3-1)9-4-7-11-8-5-9;3-1(4)2(5)6;/h2*1-8H;(H,3,4)(H,5,6);/q;;;+2/p-2. The van der Waals surface area contributed by atoms with E-state index in [-0.39, 0.29) is 17.1 Å². The van der Waals surface area contributed by atoms with Crippen LogP contribution in [0.3, 0.4) is 0 Å². The maximum atomic E-state index is 8.93. The van der Waals surface area contributed by atoms with Gasteiger partial charge in [0.25, 0.3) is 0 Å². The minimum absolute atomic E-state index is 0. The maximum absolute atomic E-state index is 8.93. The molecule has 0 bridgehead atoms. The van der Waals surface area contributed by atoms with Crippen LogP contribution < -0.4 is 10.2 Å². The Labute approximate surface area is 189 Å². The van der Waals surface area contributed by atoms with Crippen molar-refractivity contribution in [2.24, 2.45) is 0 Å². The average Bonchev–Trinajstić information content (AvgIpc) is 2.82. The first-order valence-electron chi connectivity index (χ1n) is 8.63. The first-order chi connectivity index (χ1) is 14.6. The molecule has 0 saturated heterocycles. The molecule has 0 aliphatic rings. The fourth-order valence-corrected chi connectivity index (χ4v) is 2.11. The minimum Gasteiger partial charge on any atom is -0.543 e. The molecular weight excluding hydrogens is 439 g/mol. The van der Waals surface area contributed by atoms with E-state index in [2.05, 4.69) is 19.9 Å². The van der Waals surface area contributed by atoms with Gasteiger partial charge in [-0.2, -0.15) is 0 Å². The fraction of sp³-hybridized carbons (Fsp3) is 0. The second kappa shape index (κ2) is 14.1. The summed E-state index contributed by atoms with van der Waals surface area (Å²) in [5, 5.41) is 17.9. The van der Waals surface area contributed by atoms with E-state index in [0.717, 1.165) is 22.5 Å². The molecule has 1 radical (unpaired) electrons. The van der Waals surface area contributed by atoms with Gasteiger partial charge in [-0.1, -0.05) is 12.1 Å². The van der Waals surface area contributed by atoms with Gasteiger partial charge in [0.2, 0.25) is 0 Å². The third-order valence-corrected chi connectivity index (χ3v) is 3.45. The van der Waals surface area contributed by atoms with E-state index in [4.69, 9.17) is 19.8 Å². The Morgan fingerprint density at radius 3 is 1.16 bits per heavy atom. The number of hydrogen-bond acceptors (Lipinski definition) is 8. The quantitative estimate of drug-likeness (QED) is 0.320. The molecule has 4 aromatic rings. The van der Waals surface area contributed by atoms with Gasteiger partial charge in [0.15, 0.2) is 0 Å². The Hall–Kier alpha value is -3.94. The van der Waals surface area contributed by atoms with Gasteiger partial charge in [0, 0.05) is 48.3 Å². The summed E-state index contributed by atoms with van der Waals surface area (Å²) in [6.07, 6.45) is 10.6. The summed E-state index contributed by atoms with van der Waals surface area (Å²) in [5.41, 5.74) is 4.18. The van der Waals surface area contributed by atoms with E-state index >= 15 is 0 Å². The van der Waals surface area contributed by atoms with Crippen molar-refractivity contribution in [1.29, 1.82) is 0 Å². The normalized spacial score (nSPS) is 8.90. The monoisotopic (exact) mass is 455 g/mol. The molecule has 155 valence electrons. The number of rotatable bonds is 2. The Kier molecular flexibility index (Phi) is 11.4. The van der Waals surface area contributed by atoms with Crippen molar-refractivity contribution >= 4 is 11.9 Å². The van der Waals surface area contributed by atoms with Crippen LogP contribution in [0.25, 0.3) is 22.5 Å². The van der Waals surface area contributed by atoms with Gasteiger partial charge in [-0.15, -0.1) is 0 Å².